The fourth-order valence-corrected chi connectivity index (χ4v) is 4.46. The summed E-state index contributed by atoms with van der Waals surface area (Å²) >= 11 is 0. The first kappa shape index (κ1) is 26.7. The molecule has 2 amide bonds. The SMILES string of the molecule is CCC(C)(C)NC(=O)[C@@H](c1ccc(C)o1)N(C(=O)Cn1nnc2ccccc21)c1ccc(-n2cnnn2)c(C)c1. The van der Waals surface area contributed by atoms with Gasteiger partial charge in [-0.1, -0.05) is 24.3 Å². The maximum Gasteiger partial charge on any atom is 0.251 e. The van der Waals surface area contributed by atoms with Crippen LogP contribution < -0.4 is 10.2 Å². The number of furan rings is 1. The zero-order chi connectivity index (χ0) is 28.4. The van der Waals surface area contributed by atoms with Crippen LogP contribution in [-0.4, -0.2) is 52.6 Å². The van der Waals surface area contributed by atoms with Gasteiger partial charge in [0, 0.05) is 11.2 Å². The molecule has 3 aromatic heterocycles. The van der Waals surface area contributed by atoms with Crippen molar-refractivity contribution in [3.8, 4) is 5.69 Å². The van der Waals surface area contributed by atoms with Crippen LogP contribution in [0.3, 0.4) is 0 Å². The van der Waals surface area contributed by atoms with Crippen LogP contribution in [-0.2, 0) is 16.1 Å². The second kappa shape index (κ2) is 10.7. The summed E-state index contributed by atoms with van der Waals surface area (Å²) in [5.41, 5.74) is 2.93. The van der Waals surface area contributed by atoms with E-state index < -0.39 is 11.6 Å². The Morgan fingerprint density at radius 2 is 1.88 bits per heavy atom. The van der Waals surface area contributed by atoms with Gasteiger partial charge < -0.3 is 9.73 Å². The molecule has 12 heteroatoms. The Morgan fingerprint density at radius 1 is 1.07 bits per heavy atom. The third-order valence-corrected chi connectivity index (χ3v) is 6.91. The van der Waals surface area contributed by atoms with Gasteiger partial charge in [-0.25, -0.2) is 9.36 Å². The van der Waals surface area contributed by atoms with E-state index in [9.17, 15) is 9.59 Å². The highest BCUT2D eigenvalue weighted by Crippen LogP contribution is 2.32. The van der Waals surface area contributed by atoms with Gasteiger partial charge in [0.2, 0.25) is 5.91 Å². The number of nitrogens with one attached hydrogen (secondary N) is 1. The molecule has 0 saturated carbocycles. The standard InChI is InChI=1S/C28H31N9O3/c1-6-28(4,5)30-27(39)26(24-14-11-19(3)40-24)37(20-12-13-22(18(2)15-20)36-17-29-32-34-36)25(38)16-35-23-10-8-7-9-21(23)31-33-35/h7-15,17,26H,6,16H2,1-5H3,(H,30,39)/t26-/m1/s1. The molecule has 0 bridgehead atoms. The minimum atomic E-state index is -1.08. The van der Waals surface area contributed by atoms with Crippen LogP contribution in [0.1, 0.15) is 50.3 Å². The van der Waals surface area contributed by atoms with Crippen molar-refractivity contribution in [1.29, 1.82) is 0 Å². The van der Waals surface area contributed by atoms with Gasteiger partial charge in [-0.3, -0.25) is 14.5 Å². The molecule has 12 nitrogen and oxygen atoms in total. The molecule has 0 radical (unpaired) electrons. The molecule has 0 aliphatic rings. The Balaban J connectivity index is 1.62. The number of carbonyl (C=O) groups is 2. The molecule has 5 aromatic rings. The number of benzene rings is 2. The lowest BCUT2D eigenvalue weighted by Crippen LogP contribution is -2.51. The van der Waals surface area contributed by atoms with E-state index in [4.69, 9.17) is 4.42 Å². The Kier molecular flexibility index (Phi) is 7.16. The molecule has 0 aliphatic heterocycles. The normalized spacial score (nSPS) is 12.4. The minimum absolute atomic E-state index is 0.144. The van der Waals surface area contributed by atoms with Gasteiger partial charge in [-0.15, -0.1) is 10.2 Å². The average molecular weight is 542 g/mol. The number of hydrogen-bond donors (Lipinski definition) is 1. The number of aryl methyl sites for hydroxylation is 2. The molecular weight excluding hydrogens is 510 g/mol. The van der Waals surface area contributed by atoms with E-state index in [-0.39, 0.29) is 18.4 Å². The third-order valence-electron chi connectivity index (χ3n) is 6.91. The number of rotatable bonds is 9. The number of para-hydroxylation sites is 1. The predicted octanol–water partition coefficient (Wildman–Crippen LogP) is 3.70. The molecule has 5 rings (SSSR count). The van der Waals surface area contributed by atoms with Crippen LogP contribution >= 0.6 is 0 Å². The largest absolute Gasteiger partial charge is 0.464 e. The minimum Gasteiger partial charge on any atom is -0.464 e. The molecule has 0 unspecified atom stereocenters. The fourth-order valence-electron chi connectivity index (χ4n) is 4.46. The van der Waals surface area contributed by atoms with E-state index >= 15 is 0 Å². The smallest absolute Gasteiger partial charge is 0.251 e. The van der Waals surface area contributed by atoms with Crippen molar-refractivity contribution in [2.45, 2.75) is 59.2 Å². The van der Waals surface area contributed by atoms with E-state index in [0.717, 1.165) is 11.3 Å². The summed E-state index contributed by atoms with van der Waals surface area (Å²) in [7, 11) is 0. The maximum absolute atomic E-state index is 14.2. The predicted molar refractivity (Wildman–Crippen MR) is 148 cm³/mol. The van der Waals surface area contributed by atoms with Gasteiger partial charge in [0.15, 0.2) is 6.04 Å². The first-order valence-electron chi connectivity index (χ1n) is 13.0. The second-order valence-corrected chi connectivity index (χ2v) is 10.3. The molecule has 2 aromatic carbocycles. The van der Waals surface area contributed by atoms with Gasteiger partial charge in [-0.2, -0.15) is 0 Å². The summed E-state index contributed by atoms with van der Waals surface area (Å²) in [6.07, 6.45) is 2.19. The van der Waals surface area contributed by atoms with Crippen LogP contribution in [0.15, 0.2) is 65.3 Å². The van der Waals surface area contributed by atoms with E-state index in [2.05, 4.69) is 31.2 Å². The summed E-state index contributed by atoms with van der Waals surface area (Å²) in [4.78, 5) is 29.7. The quantitative estimate of drug-likeness (QED) is 0.298. The average Bonchev–Trinajstić information content (AvgIpc) is 3.69. The Hall–Kier alpha value is -4.87. The van der Waals surface area contributed by atoms with Gasteiger partial charge >= 0.3 is 0 Å². The first-order chi connectivity index (χ1) is 19.2. The molecule has 3 heterocycles. The number of tetrazole rings is 1. The number of fused-ring (bicyclic) bond motifs is 1. The van der Waals surface area contributed by atoms with Gasteiger partial charge in [0.05, 0.1) is 11.2 Å². The van der Waals surface area contributed by atoms with E-state index in [1.807, 2.05) is 64.1 Å². The van der Waals surface area contributed by atoms with Crippen molar-refractivity contribution < 1.29 is 14.0 Å². The van der Waals surface area contributed by atoms with Crippen LogP contribution in [0.4, 0.5) is 5.69 Å². The zero-order valence-corrected chi connectivity index (χ0v) is 23.1. The topological polar surface area (TPSA) is 137 Å². The summed E-state index contributed by atoms with van der Waals surface area (Å²) in [5.74, 6) is 0.247. The molecule has 206 valence electrons. The third kappa shape index (κ3) is 5.33. The molecule has 0 saturated heterocycles. The van der Waals surface area contributed by atoms with Crippen molar-refractivity contribution in [1.82, 2.24) is 40.5 Å². The molecule has 0 spiro atoms. The van der Waals surface area contributed by atoms with E-state index in [1.54, 1.807) is 25.1 Å². The summed E-state index contributed by atoms with van der Waals surface area (Å²) in [6.45, 7) is 9.41. The zero-order valence-electron chi connectivity index (χ0n) is 23.1. The number of amides is 2. The molecule has 1 atom stereocenters. The van der Waals surface area contributed by atoms with Crippen molar-refractivity contribution in [3.63, 3.8) is 0 Å². The number of anilines is 1. The molecular formula is C28H31N9O3. The highest BCUT2D eigenvalue weighted by molar-refractivity contribution is 6.01. The fraction of sp³-hybridized carbons (Fsp3) is 0.321. The van der Waals surface area contributed by atoms with Crippen molar-refractivity contribution in [3.05, 3.63) is 78.0 Å². The van der Waals surface area contributed by atoms with Crippen molar-refractivity contribution in [2.75, 3.05) is 4.90 Å². The van der Waals surface area contributed by atoms with Crippen molar-refractivity contribution in [2.24, 2.45) is 0 Å². The van der Waals surface area contributed by atoms with E-state index in [0.29, 0.717) is 34.7 Å². The highest BCUT2D eigenvalue weighted by atomic mass is 16.3. The Labute approximate surface area is 231 Å². The second-order valence-electron chi connectivity index (χ2n) is 10.3. The van der Waals surface area contributed by atoms with Gasteiger partial charge in [0.1, 0.15) is 29.9 Å². The number of carbonyl (C=O) groups excluding carboxylic acids is 2. The lowest BCUT2D eigenvalue weighted by molar-refractivity contribution is -0.128. The lowest BCUT2D eigenvalue weighted by atomic mass is 10.0. The summed E-state index contributed by atoms with van der Waals surface area (Å²) < 4.78 is 9.04. The number of nitrogens with zero attached hydrogens (tertiary/aromatic N) is 8. The van der Waals surface area contributed by atoms with Gasteiger partial charge in [-0.05, 0) is 92.6 Å². The molecule has 40 heavy (non-hydrogen) atoms. The Bertz CT molecular complexity index is 1650. The van der Waals surface area contributed by atoms with Crippen LogP contribution in [0.25, 0.3) is 16.7 Å². The summed E-state index contributed by atoms with van der Waals surface area (Å²) in [5, 5.41) is 22.9. The monoisotopic (exact) mass is 541 g/mol. The van der Waals surface area contributed by atoms with Crippen LogP contribution in [0.2, 0.25) is 0 Å². The maximum atomic E-state index is 14.2. The first-order valence-corrected chi connectivity index (χ1v) is 13.0. The number of aromatic nitrogens is 7. The van der Waals surface area contributed by atoms with Gasteiger partial charge in [0.25, 0.3) is 5.91 Å². The van der Waals surface area contributed by atoms with Crippen LogP contribution in [0.5, 0.6) is 0 Å². The van der Waals surface area contributed by atoms with E-state index in [1.165, 1.54) is 20.6 Å². The number of hydrogen-bond acceptors (Lipinski definition) is 8. The van der Waals surface area contributed by atoms with Crippen molar-refractivity contribution >= 4 is 28.5 Å². The molecule has 1 N–H and O–H groups in total. The molecule has 0 aliphatic carbocycles. The summed E-state index contributed by atoms with van der Waals surface area (Å²) in [6, 6.07) is 15.2. The lowest BCUT2D eigenvalue weighted by Gasteiger charge is -2.33. The Morgan fingerprint density at radius 3 is 2.55 bits per heavy atom. The van der Waals surface area contributed by atoms with Crippen LogP contribution in [0, 0.1) is 13.8 Å². The molecule has 0 fully saturated rings. The highest BCUT2D eigenvalue weighted by Gasteiger charge is 2.37.